The van der Waals surface area contributed by atoms with Crippen molar-refractivity contribution >= 4 is 5.91 Å². The van der Waals surface area contributed by atoms with Gasteiger partial charge in [0, 0.05) is 26.1 Å². The number of carbonyl (C=O) groups excluding carboxylic acids is 1. The Hall–Kier alpha value is -0.570. The number of hydrogen-bond donors (Lipinski definition) is 1. The molecule has 0 aliphatic carbocycles. The van der Waals surface area contributed by atoms with Gasteiger partial charge in [-0.1, -0.05) is 6.92 Å². The van der Waals surface area contributed by atoms with Crippen LogP contribution >= 0.6 is 0 Å². The Balaban J connectivity index is 2.23. The van der Waals surface area contributed by atoms with E-state index in [1.807, 2.05) is 4.90 Å². The SMILES string of the molecule is CC1CCN(C(=O)CCCO)C1. The average Bonchev–Trinajstić information content (AvgIpc) is 2.47. The lowest BCUT2D eigenvalue weighted by atomic mass is 10.2. The minimum absolute atomic E-state index is 0.120. The molecule has 1 atom stereocenters. The molecule has 0 radical (unpaired) electrons. The Kier molecular flexibility index (Phi) is 3.53. The second-order valence-electron chi connectivity index (χ2n) is 3.56. The van der Waals surface area contributed by atoms with Crippen molar-refractivity contribution in [2.45, 2.75) is 26.2 Å². The van der Waals surface area contributed by atoms with E-state index in [0.29, 0.717) is 18.8 Å². The molecular weight excluding hydrogens is 154 g/mol. The maximum atomic E-state index is 11.4. The van der Waals surface area contributed by atoms with Gasteiger partial charge in [0.15, 0.2) is 0 Å². The highest BCUT2D eigenvalue weighted by atomic mass is 16.3. The Morgan fingerprint density at radius 2 is 2.42 bits per heavy atom. The first kappa shape index (κ1) is 9.52. The topological polar surface area (TPSA) is 40.5 Å². The molecule has 0 aromatic rings. The van der Waals surface area contributed by atoms with E-state index in [2.05, 4.69) is 6.92 Å². The third-order valence-corrected chi connectivity index (χ3v) is 2.33. The third-order valence-electron chi connectivity index (χ3n) is 2.33. The largest absolute Gasteiger partial charge is 0.396 e. The number of nitrogens with zero attached hydrogens (tertiary/aromatic N) is 1. The molecule has 0 aromatic heterocycles. The van der Waals surface area contributed by atoms with Gasteiger partial charge >= 0.3 is 0 Å². The molecule has 1 saturated heterocycles. The van der Waals surface area contributed by atoms with Crippen LogP contribution in [-0.2, 0) is 4.79 Å². The Labute approximate surface area is 73.4 Å². The molecule has 3 nitrogen and oxygen atoms in total. The van der Waals surface area contributed by atoms with Gasteiger partial charge in [-0.05, 0) is 18.8 Å². The molecule has 1 rings (SSSR count). The molecule has 0 aromatic carbocycles. The van der Waals surface area contributed by atoms with Crippen molar-refractivity contribution in [2.75, 3.05) is 19.7 Å². The second kappa shape index (κ2) is 4.45. The number of carbonyl (C=O) groups is 1. The molecule has 1 aliphatic heterocycles. The van der Waals surface area contributed by atoms with Crippen LogP contribution in [-0.4, -0.2) is 35.6 Å². The van der Waals surface area contributed by atoms with Crippen molar-refractivity contribution < 1.29 is 9.90 Å². The maximum absolute atomic E-state index is 11.4. The molecule has 1 N–H and O–H groups in total. The van der Waals surface area contributed by atoms with Crippen molar-refractivity contribution in [1.82, 2.24) is 4.90 Å². The number of aliphatic hydroxyl groups is 1. The summed E-state index contributed by atoms with van der Waals surface area (Å²) < 4.78 is 0. The number of aliphatic hydroxyl groups excluding tert-OH is 1. The van der Waals surface area contributed by atoms with E-state index < -0.39 is 0 Å². The quantitative estimate of drug-likeness (QED) is 0.676. The van der Waals surface area contributed by atoms with Crippen LogP contribution in [0.4, 0.5) is 0 Å². The van der Waals surface area contributed by atoms with Crippen molar-refractivity contribution in [3.8, 4) is 0 Å². The highest BCUT2D eigenvalue weighted by Gasteiger charge is 2.22. The van der Waals surface area contributed by atoms with Crippen molar-refractivity contribution in [3.05, 3.63) is 0 Å². The molecular formula is C9H17NO2. The fraction of sp³-hybridized carbons (Fsp3) is 0.889. The smallest absolute Gasteiger partial charge is 0.222 e. The highest BCUT2D eigenvalue weighted by molar-refractivity contribution is 5.76. The van der Waals surface area contributed by atoms with Gasteiger partial charge in [0.05, 0.1) is 0 Å². The van der Waals surface area contributed by atoms with Crippen LogP contribution < -0.4 is 0 Å². The standard InChI is InChI=1S/C9H17NO2/c1-8-4-5-10(7-8)9(12)3-2-6-11/h8,11H,2-7H2,1H3. The van der Waals surface area contributed by atoms with Crippen LogP contribution in [0.3, 0.4) is 0 Å². The minimum atomic E-state index is 0.120. The van der Waals surface area contributed by atoms with Crippen LogP contribution in [0.2, 0.25) is 0 Å². The first-order valence-electron chi connectivity index (χ1n) is 4.62. The number of hydrogen-bond acceptors (Lipinski definition) is 2. The molecule has 3 heteroatoms. The zero-order valence-electron chi connectivity index (χ0n) is 7.62. The molecule has 1 aliphatic rings. The molecule has 1 fully saturated rings. The van der Waals surface area contributed by atoms with Gasteiger partial charge in [0.25, 0.3) is 0 Å². The molecule has 1 unspecified atom stereocenters. The first-order chi connectivity index (χ1) is 5.74. The summed E-state index contributed by atoms with van der Waals surface area (Å²) in [5.74, 6) is 0.858. The van der Waals surface area contributed by atoms with Gasteiger partial charge in [-0.25, -0.2) is 0 Å². The fourth-order valence-corrected chi connectivity index (χ4v) is 1.55. The van der Waals surface area contributed by atoms with Gasteiger partial charge in [-0.15, -0.1) is 0 Å². The number of amides is 1. The highest BCUT2D eigenvalue weighted by Crippen LogP contribution is 2.15. The molecule has 70 valence electrons. The molecule has 0 bridgehead atoms. The minimum Gasteiger partial charge on any atom is -0.396 e. The summed E-state index contributed by atoms with van der Waals surface area (Å²) in [6.07, 6.45) is 2.23. The zero-order valence-corrected chi connectivity index (χ0v) is 7.62. The van der Waals surface area contributed by atoms with Crippen LogP contribution in [0.25, 0.3) is 0 Å². The van der Waals surface area contributed by atoms with Gasteiger partial charge < -0.3 is 10.0 Å². The Bertz CT molecular complexity index is 159. The van der Waals surface area contributed by atoms with Crippen LogP contribution in [0.15, 0.2) is 0 Å². The maximum Gasteiger partial charge on any atom is 0.222 e. The molecule has 12 heavy (non-hydrogen) atoms. The monoisotopic (exact) mass is 171 g/mol. The van der Waals surface area contributed by atoms with E-state index in [9.17, 15) is 4.79 Å². The molecule has 1 heterocycles. The van der Waals surface area contributed by atoms with Crippen molar-refractivity contribution in [2.24, 2.45) is 5.92 Å². The van der Waals surface area contributed by atoms with Gasteiger partial charge in [0.1, 0.15) is 0 Å². The van der Waals surface area contributed by atoms with Crippen molar-refractivity contribution in [1.29, 1.82) is 0 Å². The summed E-state index contributed by atoms with van der Waals surface area (Å²) in [5, 5.41) is 8.54. The number of rotatable bonds is 3. The molecule has 1 amide bonds. The zero-order chi connectivity index (χ0) is 8.97. The summed E-state index contributed by atoms with van der Waals surface area (Å²) in [6, 6.07) is 0. The van der Waals surface area contributed by atoms with E-state index in [0.717, 1.165) is 19.5 Å². The lowest BCUT2D eigenvalue weighted by Crippen LogP contribution is -2.28. The predicted octanol–water partition coefficient (Wildman–Crippen LogP) is 0.627. The average molecular weight is 171 g/mol. The summed E-state index contributed by atoms with van der Waals surface area (Å²) in [4.78, 5) is 13.3. The summed E-state index contributed by atoms with van der Waals surface area (Å²) >= 11 is 0. The van der Waals surface area contributed by atoms with Crippen LogP contribution in [0.1, 0.15) is 26.2 Å². The Morgan fingerprint density at radius 1 is 1.67 bits per heavy atom. The van der Waals surface area contributed by atoms with Gasteiger partial charge in [0.2, 0.25) is 5.91 Å². The predicted molar refractivity (Wildman–Crippen MR) is 46.7 cm³/mol. The van der Waals surface area contributed by atoms with E-state index in [1.165, 1.54) is 0 Å². The second-order valence-corrected chi connectivity index (χ2v) is 3.56. The molecule has 0 spiro atoms. The van der Waals surface area contributed by atoms with E-state index in [1.54, 1.807) is 0 Å². The van der Waals surface area contributed by atoms with Crippen LogP contribution in [0.5, 0.6) is 0 Å². The van der Waals surface area contributed by atoms with E-state index in [4.69, 9.17) is 5.11 Å². The van der Waals surface area contributed by atoms with Crippen molar-refractivity contribution in [3.63, 3.8) is 0 Å². The lowest BCUT2D eigenvalue weighted by molar-refractivity contribution is -0.130. The fourth-order valence-electron chi connectivity index (χ4n) is 1.55. The lowest BCUT2D eigenvalue weighted by Gasteiger charge is -2.14. The van der Waals surface area contributed by atoms with Gasteiger partial charge in [-0.2, -0.15) is 0 Å². The summed E-state index contributed by atoms with van der Waals surface area (Å²) in [7, 11) is 0. The van der Waals surface area contributed by atoms with Crippen LogP contribution in [0, 0.1) is 5.92 Å². The van der Waals surface area contributed by atoms with E-state index in [-0.39, 0.29) is 12.5 Å². The van der Waals surface area contributed by atoms with Gasteiger partial charge in [-0.3, -0.25) is 4.79 Å². The molecule has 0 saturated carbocycles. The summed E-state index contributed by atoms with van der Waals surface area (Å²) in [5.41, 5.74) is 0. The summed E-state index contributed by atoms with van der Waals surface area (Å²) in [6.45, 7) is 4.10. The Morgan fingerprint density at radius 3 is 2.92 bits per heavy atom. The first-order valence-corrected chi connectivity index (χ1v) is 4.62. The normalized spacial score (nSPS) is 23.2. The number of likely N-dealkylation sites (tertiary alicyclic amines) is 1. The third kappa shape index (κ3) is 2.48. The van der Waals surface area contributed by atoms with E-state index >= 15 is 0 Å².